The fourth-order valence-electron chi connectivity index (χ4n) is 2.65. The third-order valence-corrected chi connectivity index (χ3v) is 4.41. The van der Waals surface area contributed by atoms with E-state index in [-0.39, 0.29) is 0 Å². The maximum Gasteiger partial charge on any atom is 0.0601 e. The average molecular weight is 310 g/mol. The van der Waals surface area contributed by atoms with Crippen molar-refractivity contribution in [1.29, 1.82) is 0 Å². The van der Waals surface area contributed by atoms with Crippen LogP contribution >= 0.6 is 15.9 Å². The number of piperazine rings is 1. The summed E-state index contributed by atoms with van der Waals surface area (Å²) < 4.78 is 1.05. The first kappa shape index (κ1) is 12.3. The van der Waals surface area contributed by atoms with Gasteiger partial charge in [0.2, 0.25) is 0 Å². The summed E-state index contributed by atoms with van der Waals surface area (Å²) in [7, 11) is 0. The predicted molar refractivity (Wildman–Crippen MR) is 79.9 cm³/mol. The Morgan fingerprint density at radius 2 is 1.89 bits per heavy atom. The summed E-state index contributed by atoms with van der Waals surface area (Å²) in [6.45, 7) is 5.85. The Labute approximate surface area is 117 Å². The maximum atomic E-state index is 6.09. The number of nitrogens with zero attached hydrogens (tertiary/aromatic N) is 2. The lowest BCUT2D eigenvalue weighted by Gasteiger charge is -2.36. The molecule has 1 aliphatic carbocycles. The second kappa shape index (κ2) is 5.10. The van der Waals surface area contributed by atoms with Gasteiger partial charge in [0.1, 0.15) is 0 Å². The fraction of sp³-hybridized carbons (Fsp3) is 0.571. The van der Waals surface area contributed by atoms with Gasteiger partial charge in [0.25, 0.3) is 0 Å². The molecule has 18 heavy (non-hydrogen) atoms. The van der Waals surface area contributed by atoms with Crippen LogP contribution in [-0.4, -0.2) is 37.6 Å². The molecule has 0 bridgehead atoms. The lowest BCUT2D eigenvalue weighted by atomic mass is 10.2. The first-order chi connectivity index (χ1) is 8.72. The quantitative estimate of drug-likeness (QED) is 0.871. The highest BCUT2D eigenvalue weighted by molar-refractivity contribution is 9.10. The van der Waals surface area contributed by atoms with Crippen LogP contribution in [0, 0.1) is 5.92 Å². The van der Waals surface area contributed by atoms with Crippen LogP contribution in [0.15, 0.2) is 22.7 Å². The Hall–Kier alpha value is -0.740. The summed E-state index contributed by atoms with van der Waals surface area (Å²) in [5, 5.41) is 0. The molecular formula is C14H20BrN3. The van der Waals surface area contributed by atoms with E-state index in [0.717, 1.165) is 29.2 Å². The molecule has 3 rings (SSSR count). The molecule has 98 valence electrons. The van der Waals surface area contributed by atoms with Crippen molar-refractivity contribution < 1.29 is 0 Å². The fourth-order valence-corrected chi connectivity index (χ4v) is 3.03. The van der Waals surface area contributed by atoms with E-state index in [9.17, 15) is 0 Å². The van der Waals surface area contributed by atoms with Crippen LogP contribution in [0.5, 0.6) is 0 Å². The molecule has 0 unspecified atom stereocenters. The highest BCUT2D eigenvalue weighted by atomic mass is 79.9. The predicted octanol–water partition coefficient (Wildman–Crippen LogP) is 2.56. The standard InChI is InChI=1S/C14H20BrN3/c15-12-3-4-14(13(16)9-12)18-7-5-17(6-8-18)10-11-1-2-11/h3-4,9,11H,1-2,5-8,10,16H2. The smallest absolute Gasteiger partial charge is 0.0601 e. The number of rotatable bonds is 3. The second-order valence-corrected chi connectivity index (χ2v) is 6.35. The van der Waals surface area contributed by atoms with E-state index >= 15 is 0 Å². The number of benzene rings is 1. The molecule has 0 radical (unpaired) electrons. The Kier molecular flexibility index (Phi) is 3.48. The Morgan fingerprint density at radius 3 is 2.50 bits per heavy atom. The lowest BCUT2D eigenvalue weighted by Crippen LogP contribution is -2.47. The monoisotopic (exact) mass is 309 g/mol. The van der Waals surface area contributed by atoms with E-state index in [0.29, 0.717) is 0 Å². The van der Waals surface area contributed by atoms with Gasteiger partial charge in [-0.15, -0.1) is 0 Å². The topological polar surface area (TPSA) is 32.5 Å². The van der Waals surface area contributed by atoms with Gasteiger partial charge in [-0.05, 0) is 37.0 Å². The van der Waals surface area contributed by atoms with Crippen LogP contribution in [0.2, 0.25) is 0 Å². The minimum Gasteiger partial charge on any atom is -0.397 e. The summed E-state index contributed by atoms with van der Waals surface area (Å²) in [5.74, 6) is 0.995. The Morgan fingerprint density at radius 1 is 1.17 bits per heavy atom. The van der Waals surface area contributed by atoms with Crippen LogP contribution < -0.4 is 10.6 Å². The number of halogens is 1. The van der Waals surface area contributed by atoms with Crippen LogP contribution in [0.25, 0.3) is 0 Å². The minimum absolute atomic E-state index is 0.875. The number of nitrogens with two attached hydrogens (primary N) is 1. The van der Waals surface area contributed by atoms with Crippen molar-refractivity contribution in [3.63, 3.8) is 0 Å². The molecule has 2 fully saturated rings. The van der Waals surface area contributed by atoms with E-state index in [1.54, 1.807) is 0 Å². The molecule has 4 heteroatoms. The van der Waals surface area contributed by atoms with Crippen molar-refractivity contribution in [1.82, 2.24) is 4.90 Å². The lowest BCUT2D eigenvalue weighted by molar-refractivity contribution is 0.248. The third-order valence-electron chi connectivity index (χ3n) is 3.92. The van der Waals surface area contributed by atoms with Crippen molar-refractivity contribution >= 4 is 27.3 Å². The molecule has 0 atom stereocenters. The van der Waals surface area contributed by atoms with Gasteiger partial charge in [-0.3, -0.25) is 4.90 Å². The number of hydrogen-bond donors (Lipinski definition) is 1. The molecule has 0 aromatic heterocycles. The van der Waals surface area contributed by atoms with Crippen molar-refractivity contribution in [3.05, 3.63) is 22.7 Å². The van der Waals surface area contributed by atoms with Crippen LogP contribution in [0.1, 0.15) is 12.8 Å². The molecule has 0 spiro atoms. The van der Waals surface area contributed by atoms with Crippen molar-refractivity contribution in [3.8, 4) is 0 Å². The summed E-state index contributed by atoms with van der Waals surface area (Å²) in [6, 6.07) is 6.18. The SMILES string of the molecule is Nc1cc(Br)ccc1N1CCN(CC2CC2)CC1. The van der Waals surface area contributed by atoms with Crippen LogP contribution in [0.4, 0.5) is 11.4 Å². The molecule has 0 amide bonds. The average Bonchev–Trinajstić information content (AvgIpc) is 3.15. The molecular weight excluding hydrogens is 290 g/mol. The molecule has 1 saturated carbocycles. The summed E-state index contributed by atoms with van der Waals surface area (Å²) in [4.78, 5) is 5.01. The van der Waals surface area contributed by atoms with Crippen LogP contribution in [0.3, 0.4) is 0 Å². The van der Waals surface area contributed by atoms with E-state index in [4.69, 9.17) is 5.73 Å². The van der Waals surface area contributed by atoms with Crippen LogP contribution in [-0.2, 0) is 0 Å². The van der Waals surface area contributed by atoms with Gasteiger partial charge >= 0.3 is 0 Å². The van der Waals surface area contributed by atoms with Gasteiger partial charge in [0.15, 0.2) is 0 Å². The molecule has 1 aromatic rings. The zero-order valence-electron chi connectivity index (χ0n) is 10.6. The zero-order valence-corrected chi connectivity index (χ0v) is 12.2. The highest BCUT2D eigenvalue weighted by Gasteiger charge is 2.26. The van der Waals surface area contributed by atoms with E-state index in [1.165, 1.54) is 38.2 Å². The molecule has 1 aromatic carbocycles. The van der Waals surface area contributed by atoms with Gasteiger partial charge in [0.05, 0.1) is 11.4 Å². The van der Waals surface area contributed by atoms with E-state index < -0.39 is 0 Å². The molecule has 2 aliphatic rings. The first-order valence-corrected chi connectivity index (χ1v) is 7.54. The molecule has 1 heterocycles. The van der Waals surface area contributed by atoms with Gasteiger partial charge in [-0.25, -0.2) is 0 Å². The third kappa shape index (κ3) is 2.81. The molecule has 1 saturated heterocycles. The molecule has 2 N–H and O–H groups in total. The van der Waals surface area contributed by atoms with Crippen molar-refractivity contribution in [2.24, 2.45) is 5.92 Å². The second-order valence-electron chi connectivity index (χ2n) is 5.43. The minimum atomic E-state index is 0.875. The van der Waals surface area contributed by atoms with Gasteiger partial charge < -0.3 is 10.6 Å². The number of nitrogen functional groups attached to an aromatic ring is 1. The Bertz CT molecular complexity index is 423. The summed E-state index contributed by atoms with van der Waals surface area (Å²) >= 11 is 3.46. The van der Waals surface area contributed by atoms with E-state index in [1.807, 2.05) is 6.07 Å². The number of hydrogen-bond acceptors (Lipinski definition) is 3. The molecule has 1 aliphatic heterocycles. The molecule has 3 nitrogen and oxygen atoms in total. The summed E-state index contributed by atoms with van der Waals surface area (Å²) in [5.41, 5.74) is 8.15. The summed E-state index contributed by atoms with van der Waals surface area (Å²) in [6.07, 6.45) is 2.89. The largest absolute Gasteiger partial charge is 0.397 e. The highest BCUT2D eigenvalue weighted by Crippen LogP contribution is 2.31. The zero-order chi connectivity index (χ0) is 12.5. The number of anilines is 2. The maximum absolute atomic E-state index is 6.09. The first-order valence-electron chi connectivity index (χ1n) is 6.75. The van der Waals surface area contributed by atoms with E-state index in [2.05, 4.69) is 37.9 Å². The van der Waals surface area contributed by atoms with Crippen molar-refractivity contribution in [2.45, 2.75) is 12.8 Å². The van der Waals surface area contributed by atoms with Crippen molar-refractivity contribution in [2.75, 3.05) is 43.4 Å². The van der Waals surface area contributed by atoms with Gasteiger partial charge in [-0.1, -0.05) is 15.9 Å². The Balaban J connectivity index is 1.60. The normalized spacial score (nSPS) is 21.3. The van der Waals surface area contributed by atoms with Gasteiger partial charge in [-0.2, -0.15) is 0 Å². The van der Waals surface area contributed by atoms with Gasteiger partial charge in [0, 0.05) is 37.2 Å².